The van der Waals surface area contributed by atoms with Gasteiger partial charge in [0.2, 0.25) is 0 Å². The van der Waals surface area contributed by atoms with E-state index in [1.807, 2.05) is 0 Å². The highest BCUT2D eigenvalue weighted by molar-refractivity contribution is 14.1. The quantitative estimate of drug-likeness (QED) is 0.791. The lowest BCUT2D eigenvalue weighted by molar-refractivity contribution is 0.0697. The molecule has 1 rings (SSSR count). The molecule has 1 aromatic carbocycles. The van der Waals surface area contributed by atoms with Crippen molar-refractivity contribution in [1.29, 1.82) is 0 Å². The summed E-state index contributed by atoms with van der Waals surface area (Å²) in [5.74, 6) is -0.879. The van der Waals surface area contributed by atoms with E-state index in [0.717, 1.165) is 23.0 Å². The van der Waals surface area contributed by atoms with Crippen molar-refractivity contribution >= 4 is 29.0 Å². The Kier molecular flexibility index (Phi) is 5.77. The molecule has 0 saturated carbocycles. The molecule has 0 fully saturated rings. The zero-order valence-electron chi connectivity index (χ0n) is 5.53. The molecule has 0 aliphatic carbocycles. The van der Waals surface area contributed by atoms with Gasteiger partial charge in [0.1, 0.15) is 0 Å². The Morgan fingerprint density at radius 3 is 1.91 bits per heavy atom. The molecule has 3 nitrogen and oxygen atoms in total. The van der Waals surface area contributed by atoms with Gasteiger partial charge in [-0.1, -0.05) is 18.2 Å². The monoisotopic (exact) mass is 265 g/mol. The second kappa shape index (κ2) is 6.11. The number of hydrogen-bond acceptors (Lipinski definition) is 1. The fourth-order valence-electron chi connectivity index (χ4n) is 0.581. The summed E-state index contributed by atoms with van der Waals surface area (Å²) in [5.41, 5.74) is 0.331. The molecular formula is C7H6IO3. The molecule has 0 heterocycles. The van der Waals surface area contributed by atoms with E-state index in [4.69, 9.17) is 8.54 Å². The maximum Gasteiger partial charge on any atom is 0.335 e. The zero-order valence-corrected chi connectivity index (χ0v) is 7.69. The SMILES string of the molecule is O=C(O)c1ccccc1.[O]I. The molecule has 0 spiro atoms. The summed E-state index contributed by atoms with van der Waals surface area (Å²) in [7, 11) is 0. The van der Waals surface area contributed by atoms with Gasteiger partial charge in [-0.05, 0) is 12.1 Å². The molecule has 1 aromatic rings. The molecule has 0 unspecified atom stereocenters. The number of aromatic carboxylic acids is 1. The van der Waals surface area contributed by atoms with E-state index in [-0.39, 0.29) is 0 Å². The number of hydrogen-bond donors (Lipinski definition) is 1. The van der Waals surface area contributed by atoms with Crippen LogP contribution in [-0.2, 0) is 3.44 Å². The van der Waals surface area contributed by atoms with Crippen molar-refractivity contribution < 1.29 is 13.3 Å². The molecule has 0 aromatic heterocycles. The van der Waals surface area contributed by atoms with Crippen molar-refractivity contribution in [2.45, 2.75) is 0 Å². The number of benzene rings is 1. The minimum Gasteiger partial charge on any atom is -0.478 e. The average molecular weight is 265 g/mol. The first-order valence-electron chi connectivity index (χ1n) is 2.74. The molecule has 0 saturated heterocycles. The molecule has 0 aliphatic heterocycles. The standard InChI is InChI=1S/C7H6O2.IO/c8-7(9)6-4-2-1-3-5-6;1-2/h1-5H,(H,8,9);. The minimum atomic E-state index is -0.879. The second-order valence-corrected chi connectivity index (χ2v) is 1.67. The van der Waals surface area contributed by atoms with Gasteiger partial charge in [0, 0.05) is 0 Å². The van der Waals surface area contributed by atoms with Crippen LogP contribution >= 0.6 is 23.0 Å². The van der Waals surface area contributed by atoms with Gasteiger partial charge < -0.3 is 5.11 Å². The van der Waals surface area contributed by atoms with Crippen molar-refractivity contribution in [2.75, 3.05) is 0 Å². The first kappa shape index (κ1) is 10.4. The van der Waals surface area contributed by atoms with Crippen LogP contribution in [0.3, 0.4) is 0 Å². The van der Waals surface area contributed by atoms with E-state index < -0.39 is 5.97 Å². The van der Waals surface area contributed by atoms with Gasteiger partial charge in [-0.2, -0.15) is 3.44 Å². The Bertz CT molecular complexity index is 210. The van der Waals surface area contributed by atoms with Crippen molar-refractivity contribution in [1.82, 2.24) is 0 Å². The van der Waals surface area contributed by atoms with Crippen LogP contribution in [0.25, 0.3) is 0 Å². The molecule has 0 amide bonds. The van der Waals surface area contributed by atoms with E-state index in [0.29, 0.717) is 5.56 Å². The Morgan fingerprint density at radius 2 is 1.64 bits per heavy atom. The summed E-state index contributed by atoms with van der Waals surface area (Å²) < 4.78 is 8.22. The molecule has 0 bridgehead atoms. The second-order valence-electron chi connectivity index (χ2n) is 1.67. The van der Waals surface area contributed by atoms with Crippen molar-refractivity contribution in [3.05, 3.63) is 35.9 Å². The normalized spacial score (nSPS) is 7.82. The number of carboxylic acid groups (broad SMARTS) is 1. The Hall–Kier alpha value is -0.620. The lowest BCUT2D eigenvalue weighted by atomic mass is 10.2. The van der Waals surface area contributed by atoms with Gasteiger partial charge in [-0.3, -0.25) is 0 Å². The third-order valence-electron chi connectivity index (χ3n) is 1.02. The Labute approximate surface area is 78.4 Å². The van der Waals surface area contributed by atoms with E-state index in [1.165, 1.54) is 0 Å². The molecule has 59 valence electrons. The third-order valence-corrected chi connectivity index (χ3v) is 1.02. The molecule has 1 N–H and O–H groups in total. The van der Waals surface area contributed by atoms with Gasteiger partial charge in [0.15, 0.2) is 23.0 Å². The molecular weight excluding hydrogens is 259 g/mol. The van der Waals surface area contributed by atoms with Gasteiger partial charge in [-0.15, -0.1) is 0 Å². The summed E-state index contributed by atoms with van der Waals surface area (Å²) >= 11 is 0.900. The first-order chi connectivity index (χ1) is 5.30. The lowest BCUT2D eigenvalue weighted by Crippen LogP contribution is -1.93. The number of carboxylic acids is 1. The fraction of sp³-hybridized carbons (Fsp3) is 0. The van der Waals surface area contributed by atoms with E-state index in [1.54, 1.807) is 30.3 Å². The largest absolute Gasteiger partial charge is 0.478 e. The summed E-state index contributed by atoms with van der Waals surface area (Å²) in [4.78, 5) is 10.2. The first-order valence-corrected chi connectivity index (χ1v) is 3.62. The molecule has 0 atom stereocenters. The van der Waals surface area contributed by atoms with E-state index >= 15 is 0 Å². The molecule has 11 heavy (non-hydrogen) atoms. The highest BCUT2D eigenvalue weighted by Crippen LogP contribution is 1.96. The summed E-state index contributed by atoms with van der Waals surface area (Å²) in [6.45, 7) is 0. The van der Waals surface area contributed by atoms with E-state index in [2.05, 4.69) is 0 Å². The maximum absolute atomic E-state index is 10.2. The van der Waals surface area contributed by atoms with Crippen molar-refractivity contribution in [3.63, 3.8) is 0 Å². The Morgan fingerprint density at radius 1 is 1.18 bits per heavy atom. The van der Waals surface area contributed by atoms with Crippen LogP contribution < -0.4 is 0 Å². The van der Waals surface area contributed by atoms with Crippen LogP contribution in [0.4, 0.5) is 0 Å². The van der Waals surface area contributed by atoms with Crippen molar-refractivity contribution in [3.8, 4) is 0 Å². The summed E-state index contributed by atoms with van der Waals surface area (Å²) in [6.07, 6.45) is 0. The Balaban J connectivity index is 0.000000461. The minimum absolute atomic E-state index is 0.331. The highest BCUT2D eigenvalue weighted by Gasteiger charge is 1.96. The van der Waals surface area contributed by atoms with Gasteiger partial charge in [0.05, 0.1) is 5.56 Å². The fourth-order valence-corrected chi connectivity index (χ4v) is 0.581. The number of rotatable bonds is 1. The smallest absolute Gasteiger partial charge is 0.335 e. The average Bonchev–Trinajstić information content (AvgIpc) is 2.10. The topological polar surface area (TPSA) is 57.2 Å². The van der Waals surface area contributed by atoms with Gasteiger partial charge in [0.25, 0.3) is 0 Å². The van der Waals surface area contributed by atoms with Crippen LogP contribution in [0.2, 0.25) is 0 Å². The van der Waals surface area contributed by atoms with E-state index in [9.17, 15) is 4.79 Å². The predicted octanol–water partition coefficient (Wildman–Crippen LogP) is 2.15. The predicted molar refractivity (Wildman–Crippen MR) is 48.1 cm³/mol. The zero-order chi connectivity index (χ0) is 8.69. The molecule has 0 aliphatic rings. The van der Waals surface area contributed by atoms with Gasteiger partial charge >= 0.3 is 5.97 Å². The lowest BCUT2D eigenvalue weighted by Gasteiger charge is -1.88. The van der Waals surface area contributed by atoms with Crippen LogP contribution in [0.5, 0.6) is 0 Å². The third kappa shape index (κ3) is 3.94. The van der Waals surface area contributed by atoms with Crippen LogP contribution in [0, 0.1) is 0 Å². The molecule has 4 heteroatoms. The molecule has 1 radical (unpaired) electrons. The number of halogens is 1. The maximum atomic E-state index is 10.2. The van der Waals surface area contributed by atoms with Crippen LogP contribution in [0.1, 0.15) is 10.4 Å². The summed E-state index contributed by atoms with van der Waals surface area (Å²) in [6, 6.07) is 8.30. The summed E-state index contributed by atoms with van der Waals surface area (Å²) in [5, 5.41) is 8.38. The van der Waals surface area contributed by atoms with Crippen LogP contribution in [-0.4, -0.2) is 11.1 Å². The number of carbonyl (C=O) groups is 1. The highest BCUT2D eigenvalue weighted by atomic mass is 127. The van der Waals surface area contributed by atoms with Crippen LogP contribution in [0.15, 0.2) is 30.3 Å². The van der Waals surface area contributed by atoms with Crippen molar-refractivity contribution in [2.24, 2.45) is 0 Å². The van der Waals surface area contributed by atoms with Gasteiger partial charge in [-0.25, -0.2) is 4.79 Å².